The number of halogens is 2. The number of rotatable bonds is 6. The first-order chi connectivity index (χ1) is 7.94. The summed E-state index contributed by atoms with van der Waals surface area (Å²) in [7, 11) is -3.33. The van der Waals surface area contributed by atoms with Gasteiger partial charge in [0.25, 0.3) is 0 Å². The maximum absolute atomic E-state index is 12.7. The van der Waals surface area contributed by atoms with Crippen LogP contribution in [0.15, 0.2) is 24.3 Å². The van der Waals surface area contributed by atoms with E-state index in [-0.39, 0.29) is 17.6 Å². The third-order valence-electron chi connectivity index (χ3n) is 2.27. The van der Waals surface area contributed by atoms with Gasteiger partial charge in [0.05, 0.1) is 5.75 Å². The molecule has 0 radical (unpaired) electrons. The molecular formula is C11H15ClFNO2S. The quantitative estimate of drug-likeness (QED) is 0.813. The minimum Gasteiger partial charge on any atom is -0.212 e. The second-order valence-corrected chi connectivity index (χ2v) is 6.00. The first kappa shape index (κ1) is 14.4. The van der Waals surface area contributed by atoms with Gasteiger partial charge in [0.2, 0.25) is 10.0 Å². The summed E-state index contributed by atoms with van der Waals surface area (Å²) >= 11 is 5.44. The van der Waals surface area contributed by atoms with Gasteiger partial charge in [-0.05, 0) is 31.0 Å². The SMILES string of the molecule is CC(NS(=O)(=O)CCCCl)c1ccc(F)cc1. The maximum atomic E-state index is 12.7. The lowest BCUT2D eigenvalue weighted by Gasteiger charge is -2.14. The third-order valence-corrected chi connectivity index (χ3v) is 4.08. The lowest BCUT2D eigenvalue weighted by molar-refractivity contribution is 0.565. The highest BCUT2D eigenvalue weighted by Crippen LogP contribution is 2.14. The van der Waals surface area contributed by atoms with Crippen LogP contribution in [0.2, 0.25) is 0 Å². The van der Waals surface area contributed by atoms with Gasteiger partial charge in [-0.2, -0.15) is 0 Å². The van der Waals surface area contributed by atoms with Gasteiger partial charge in [-0.25, -0.2) is 17.5 Å². The number of hydrogen-bond donors (Lipinski definition) is 1. The van der Waals surface area contributed by atoms with Crippen molar-refractivity contribution < 1.29 is 12.8 Å². The lowest BCUT2D eigenvalue weighted by atomic mass is 10.1. The number of hydrogen-bond acceptors (Lipinski definition) is 2. The standard InChI is InChI=1S/C11H15ClFNO2S/c1-9(10-3-5-11(13)6-4-10)14-17(15,16)8-2-7-12/h3-6,9,14H,2,7-8H2,1H3. The zero-order valence-electron chi connectivity index (χ0n) is 9.49. The largest absolute Gasteiger partial charge is 0.212 e. The smallest absolute Gasteiger partial charge is 0.212 e. The summed E-state index contributed by atoms with van der Waals surface area (Å²) in [5, 5.41) is 0. The van der Waals surface area contributed by atoms with E-state index in [1.54, 1.807) is 19.1 Å². The van der Waals surface area contributed by atoms with Gasteiger partial charge < -0.3 is 0 Å². The van der Waals surface area contributed by atoms with Gasteiger partial charge in [0, 0.05) is 11.9 Å². The van der Waals surface area contributed by atoms with Crippen LogP contribution in [0.1, 0.15) is 24.9 Å². The molecule has 0 amide bonds. The molecule has 6 heteroatoms. The molecule has 0 saturated carbocycles. The zero-order chi connectivity index (χ0) is 12.9. The van der Waals surface area contributed by atoms with Crippen LogP contribution in [0.5, 0.6) is 0 Å². The molecule has 1 rings (SSSR count). The molecule has 0 aliphatic heterocycles. The fourth-order valence-electron chi connectivity index (χ4n) is 1.39. The molecule has 0 aliphatic rings. The second-order valence-electron chi connectivity index (χ2n) is 3.75. The molecule has 0 bridgehead atoms. The molecule has 0 heterocycles. The van der Waals surface area contributed by atoms with Crippen molar-refractivity contribution in [3.05, 3.63) is 35.6 Å². The Morgan fingerprint density at radius 2 is 1.94 bits per heavy atom. The minimum absolute atomic E-state index is 0.00202. The summed E-state index contributed by atoms with van der Waals surface area (Å²) in [5.74, 6) is -0.0283. The fourth-order valence-corrected chi connectivity index (χ4v) is 3.00. The van der Waals surface area contributed by atoms with Crippen LogP contribution in [0, 0.1) is 5.82 Å². The fraction of sp³-hybridized carbons (Fsp3) is 0.455. The van der Waals surface area contributed by atoms with Gasteiger partial charge in [0.1, 0.15) is 5.82 Å². The van der Waals surface area contributed by atoms with Crippen molar-refractivity contribution >= 4 is 21.6 Å². The Balaban J connectivity index is 2.65. The minimum atomic E-state index is -3.33. The zero-order valence-corrected chi connectivity index (χ0v) is 11.1. The molecule has 17 heavy (non-hydrogen) atoms. The molecule has 96 valence electrons. The van der Waals surface area contributed by atoms with Gasteiger partial charge in [-0.3, -0.25) is 0 Å². The van der Waals surface area contributed by atoms with Gasteiger partial charge in [-0.15, -0.1) is 11.6 Å². The summed E-state index contributed by atoms with van der Waals surface area (Å²) in [6.07, 6.45) is 0.410. The van der Waals surface area contributed by atoms with Crippen LogP contribution in [0.25, 0.3) is 0 Å². The number of nitrogens with one attached hydrogen (secondary N) is 1. The number of alkyl halides is 1. The highest BCUT2D eigenvalue weighted by Gasteiger charge is 2.15. The van der Waals surface area contributed by atoms with Crippen LogP contribution in [0.4, 0.5) is 4.39 Å². The average molecular weight is 280 g/mol. The van der Waals surface area contributed by atoms with E-state index < -0.39 is 10.0 Å². The molecule has 0 saturated heterocycles. The summed E-state index contributed by atoms with van der Waals surface area (Å²) in [4.78, 5) is 0. The van der Waals surface area contributed by atoms with E-state index in [0.29, 0.717) is 12.3 Å². The molecule has 0 fully saturated rings. The van der Waals surface area contributed by atoms with E-state index in [1.807, 2.05) is 0 Å². The molecule has 1 unspecified atom stereocenters. The molecule has 3 nitrogen and oxygen atoms in total. The Hall–Kier alpha value is -0.650. The average Bonchev–Trinajstić information content (AvgIpc) is 2.26. The van der Waals surface area contributed by atoms with Gasteiger partial charge in [-0.1, -0.05) is 12.1 Å². The van der Waals surface area contributed by atoms with Gasteiger partial charge in [0.15, 0.2) is 0 Å². The predicted octanol–water partition coefficient (Wildman–Crippen LogP) is 2.44. The first-order valence-electron chi connectivity index (χ1n) is 5.26. The Labute approximate surface area is 106 Å². The normalized spacial score (nSPS) is 13.6. The highest BCUT2D eigenvalue weighted by molar-refractivity contribution is 7.89. The van der Waals surface area contributed by atoms with E-state index in [9.17, 15) is 12.8 Å². The lowest BCUT2D eigenvalue weighted by Crippen LogP contribution is -2.29. The second kappa shape index (κ2) is 6.33. The van der Waals surface area contributed by atoms with Crippen molar-refractivity contribution in [3.63, 3.8) is 0 Å². The maximum Gasteiger partial charge on any atom is 0.212 e. The van der Waals surface area contributed by atoms with Crippen LogP contribution in [-0.2, 0) is 10.0 Å². The van der Waals surface area contributed by atoms with E-state index in [2.05, 4.69) is 4.72 Å². The molecule has 1 atom stereocenters. The van der Waals surface area contributed by atoms with Crippen molar-refractivity contribution in [2.24, 2.45) is 0 Å². The van der Waals surface area contributed by atoms with E-state index >= 15 is 0 Å². The van der Waals surface area contributed by atoms with Crippen molar-refractivity contribution in [1.82, 2.24) is 4.72 Å². The summed E-state index contributed by atoms with van der Waals surface area (Å²) in [6, 6.07) is 5.35. The Morgan fingerprint density at radius 1 is 1.35 bits per heavy atom. The van der Waals surface area contributed by atoms with E-state index in [4.69, 9.17) is 11.6 Å². The molecule has 1 aromatic carbocycles. The van der Waals surface area contributed by atoms with Crippen molar-refractivity contribution in [3.8, 4) is 0 Å². The van der Waals surface area contributed by atoms with Crippen molar-refractivity contribution in [2.45, 2.75) is 19.4 Å². The summed E-state index contributed by atoms with van der Waals surface area (Å²) < 4.78 is 38.4. The van der Waals surface area contributed by atoms with Crippen molar-refractivity contribution in [2.75, 3.05) is 11.6 Å². The molecular weight excluding hydrogens is 265 g/mol. The van der Waals surface area contributed by atoms with Crippen LogP contribution >= 0.6 is 11.6 Å². The van der Waals surface area contributed by atoms with Crippen LogP contribution in [-0.4, -0.2) is 20.1 Å². The summed E-state index contributed by atoms with van der Waals surface area (Å²) in [6.45, 7) is 1.71. The monoisotopic (exact) mass is 279 g/mol. The summed E-state index contributed by atoms with van der Waals surface area (Å²) in [5.41, 5.74) is 0.723. The van der Waals surface area contributed by atoms with E-state index in [0.717, 1.165) is 5.56 Å². The number of benzene rings is 1. The Bertz CT molecular complexity index is 447. The topological polar surface area (TPSA) is 46.2 Å². The number of sulfonamides is 1. The molecule has 1 N–H and O–H groups in total. The van der Waals surface area contributed by atoms with E-state index in [1.165, 1.54) is 12.1 Å². The first-order valence-corrected chi connectivity index (χ1v) is 7.45. The third kappa shape index (κ3) is 5.02. The van der Waals surface area contributed by atoms with Gasteiger partial charge >= 0.3 is 0 Å². The predicted molar refractivity (Wildman–Crippen MR) is 67.1 cm³/mol. The molecule has 0 aromatic heterocycles. The van der Waals surface area contributed by atoms with Crippen molar-refractivity contribution in [1.29, 1.82) is 0 Å². The molecule has 1 aromatic rings. The Morgan fingerprint density at radius 3 is 2.47 bits per heavy atom. The molecule has 0 spiro atoms. The van der Waals surface area contributed by atoms with Crippen LogP contribution in [0.3, 0.4) is 0 Å². The van der Waals surface area contributed by atoms with Crippen LogP contribution < -0.4 is 4.72 Å². The molecule has 0 aliphatic carbocycles. The Kier molecular flexibility index (Phi) is 5.36. The highest BCUT2D eigenvalue weighted by atomic mass is 35.5.